The molecule has 0 aromatic heterocycles. The second-order valence-corrected chi connectivity index (χ2v) is 4.67. The summed E-state index contributed by atoms with van der Waals surface area (Å²) in [7, 11) is 0. The van der Waals surface area contributed by atoms with E-state index < -0.39 is 0 Å². The third kappa shape index (κ3) is 3.21. The zero-order valence-corrected chi connectivity index (χ0v) is 10.5. The lowest BCUT2D eigenvalue weighted by Crippen LogP contribution is -2.17. The Bertz CT molecular complexity index is 365. The van der Waals surface area contributed by atoms with Crippen molar-refractivity contribution in [3.63, 3.8) is 0 Å². The van der Waals surface area contributed by atoms with Crippen LogP contribution >= 0.6 is 11.6 Å². The highest BCUT2D eigenvalue weighted by Crippen LogP contribution is 2.27. The molecular formula is C14H17ClO. The fourth-order valence-corrected chi connectivity index (χ4v) is 2.01. The number of Topliss-reactive ketones (excluding diaryl/α,β-unsaturated/α-hetero) is 1. The second-order valence-electron chi connectivity index (χ2n) is 4.23. The topological polar surface area (TPSA) is 17.1 Å². The maximum Gasteiger partial charge on any atom is 0.144 e. The van der Waals surface area contributed by atoms with E-state index in [1.54, 1.807) is 6.08 Å². The summed E-state index contributed by atoms with van der Waals surface area (Å²) in [5, 5.41) is 0.697. The summed E-state index contributed by atoms with van der Waals surface area (Å²) in [5.41, 5.74) is 1.03. The van der Waals surface area contributed by atoms with E-state index in [9.17, 15) is 4.79 Å². The van der Waals surface area contributed by atoms with E-state index in [0.29, 0.717) is 11.4 Å². The standard InChI is InChI=1S/C14H17ClO/c1-4-5-13(16)14(10(2)3)11-6-8-12(15)9-7-11/h4,6-10,14H,1,5H2,2-3H3. The Balaban J connectivity index is 2.98. The van der Waals surface area contributed by atoms with Crippen molar-refractivity contribution in [3.8, 4) is 0 Å². The predicted molar refractivity (Wildman–Crippen MR) is 68.9 cm³/mol. The molecule has 0 fully saturated rings. The van der Waals surface area contributed by atoms with Crippen LogP contribution in [0, 0.1) is 5.92 Å². The minimum atomic E-state index is -0.0599. The van der Waals surface area contributed by atoms with E-state index in [0.717, 1.165) is 5.56 Å². The fraction of sp³-hybridized carbons (Fsp3) is 0.357. The van der Waals surface area contributed by atoms with Gasteiger partial charge in [0, 0.05) is 17.4 Å². The number of carbonyl (C=O) groups is 1. The first-order valence-corrected chi connectivity index (χ1v) is 5.83. The molecule has 2 heteroatoms. The van der Waals surface area contributed by atoms with Crippen molar-refractivity contribution in [3.05, 3.63) is 47.5 Å². The summed E-state index contributed by atoms with van der Waals surface area (Å²) in [4.78, 5) is 12.0. The lowest BCUT2D eigenvalue weighted by molar-refractivity contribution is -0.120. The molecule has 1 aromatic carbocycles. The van der Waals surface area contributed by atoms with Crippen molar-refractivity contribution in [2.45, 2.75) is 26.2 Å². The molecule has 16 heavy (non-hydrogen) atoms. The van der Waals surface area contributed by atoms with Crippen LogP contribution in [0.2, 0.25) is 5.02 Å². The Morgan fingerprint density at radius 3 is 2.38 bits per heavy atom. The van der Waals surface area contributed by atoms with Gasteiger partial charge in [0.1, 0.15) is 5.78 Å². The zero-order valence-electron chi connectivity index (χ0n) is 9.74. The van der Waals surface area contributed by atoms with Crippen LogP contribution in [0.1, 0.15) is 31.7 Å². The maximum absolute atomic E-state index is 12.0. The van der Waals surface area contributed by atoms with Crippen LogP contribution < -0.4 is 0 Å². The van der Waals surface area contributed by atoms with Crippen LogP contribution in [0.4, 0.5) is 0 Å². The number of hydrogen-bond acceptors (Lipinski definition) is 1. The lowest BCUT2D eigenvalue weighted by atomic mass is 9.84. The number of carbonyl (C=O) groups excluding carboxylic acids is 1. The zero-order chi connectivity index (χ0) is 12.1. The number of hydrogen-bond donors (Lipinski definition) is 0. The van der Waals surface area contributed by atoms with Gasteiger partial charge in [0.05, 0.1) is 0 Å². The highest BCUT2D eigenvalue weighted by molar-refractivity contribution is 6.30. The summed E-state index contributed by atoms with van der Waals surface area (Å²) in [5.74, 6) is 0.441. The van der Waals surface area contributed by atoms with Gasteiger partial charge >= 0.3 is 0 Å². The first kappa shape index (κ1) is 13.0. The van der Waals surface area contributed by atoms with Crippen LogP contribution in [0.5, 0.6) is 0 Å². The average Bonchev–Trinajstić information content (AvgIpc) is 2.21. The highest BCUT2D eigenvalue weighted by Gasteiger charge is 2.22. The number of ketones is 1. The minimum Gasteiger partial charge on any atom is -0.299 e. The average molecular weight is 237 g/mol. The van der Waals surface area contributed by atoms with Crippen LogP contribution in [-0.4, -0.2) is 5.78 Å². The SMILES string of the molecule is C=CCC(=O)C(c1ccc(Cl)cc1)C(C)C. The Morgan fingerprint density at radius 1 is 1.38 bits per heavy atom. The van der Waals surface area contributed by atoms with Crippen LogP contribution in [0.25, 0.3) is 0 Å². The van der Waals surface area contributed by atoms with Crippen molar-refractivity contribution in [2.24, 2.45) is 5.92 Å². The van der Waals surface area contributed by atoms with Crippen LogP contribution in [0.3, 0.4) is 0 Å². The molecule has 1 rings (SSSR count). The Morgan fingerprint density at radius 2 is 1.94 bits per heavy atom. The van der Waals surface area contributed by atoms with Gasteiger partial charge in [0.15, 0.2) is 0 Å². The normalized spacial score (nSPS) is 12.5. The van der Waals surface area contributed by atoms with Crippen molar-refractivity contribution >= 4 is 17.4 Å². The Hall–Kier alpha value is -1.08. The van der Waals surface area contributed by atoms with Gasteiger partial charge in [-0.15, -0.1) is 6.58 Å². The quantitative estimate of drug-likeness (QED) is 0.700. The second kappa shape index (κ2) is 5.86. The fourth-order valence-electron chi connectivity index (χ4n) is 1.88. The van der Waals surface area contributed by atoms with E-state index in [4.69, 9.17) is 11.6 Å². The highest BCUT2D eigenvalue weighted by atomic mass is 35.5. The number of rotatable bonds is 5. The molecule has 86 valence electrons. The van der Waals surface area contributed by atoms with E-state index >= 15 is 0 Å². The number of allylic oxidation sites excluding steroid dienone is 1. The van der Waals surface area contributed by atoms with Gasteiger partial charge in [0.25, 0.3) is 0 Å². The number of benzene rings is 1. The summed E-state index contributed by atoms with van der Waals surface area (Å²) in [6, 6.07) is 7.50. The first-order chi connectivity index (χ1) is 7.56. The van der Waals surface area contributed by atoms with Gasteiger partial charge in [-0.25, -0.2) is 0 Å². The van der Waals surface area contributed by atoms with Crippen molar-refractivity contribution in [2.75, 3.05) is 0 Å². The third-order valence-corrected chi connectivity index (χ3v) is 2.84. The lowest BCUT2D eigenvalue weighted by Gasteiger charge is -2.19. The summed E-state index contributed by atoms with van der Waals surface area (Å²) in [6.45, 7) is 7.72. The van der Waals surface area contributed by atoms with Gasteiger partial charge in [-0.3, -0.25) is 4.79 Å². The third-order valence-electron chi connectivity index (χ3n) is 2.59. The molecule has 0 N–H and O–H groups in total. The summed E-state index contributed by atoms with van der Waals surface area (Å²) >= 11 is 5.84. The van der Waals surface area contributed by atoms with E-state index in [-0.39, 0.29) is 17.6 Å². The monoisotopic (exact) mass is 236 g/mol. The van der Waals surface area contributed by atoms with Crippen LogP contribution in [0.15, 0.2) is 36.9 Å². The Labute approximate surface area is 102 Å². The molecule has 1 aromatic rings. The van der Waals surface area contributed by atoms with E-state index in [1.165, 1.54) is 0 Å². The predicted octanol–water partition coefficient (Wildman–Crippen LogP) is 4.22. The summed E-state index contributed by atoms with van der Waals surface area (Å²) in [6.07, 6.45) is 2.08. The van der Waals surface area contributed by atoms with Gasteiger partial charge < -0.3 is 0 Å². The van der Waals surface area contributed by atoms with Gasteiger partial charge in [-0.2, -0.15) is 0 Å². The first-order valence-electron chi connectivity index (χ1n) is 5.45. The molecule has 0 bridgehead atoms. The maximum atomic E-state index is 12.0. The molecule has 1 nitrogen and oxygen atoms in total. The molecule has 1 atom stereocenters. The Kier molecular flexibility index (Phi) is 4.75. The molecule has 0 aliphatic rings. The molecule has 0 radical (unpaired) electrons. The molecule has 0 amide bonds. The van der Waals surface area contributed by atoms with E-state index in [2.05, 4.69) is 20.4 Å². The van der Waals surface area contributed by atoms with Crippen molar-refractivity contribution < 1.29 is 4.79 Å². The van der Waals surface area contributed by atoms with Crippen molar-refractivity contribution in [1.29, 1.82) is 0 Å². The molecular weight excluding hydrogens is 220 g/mol. The van der Waals surface area contributed by atoms with Crippen LogP contribution in [-0.2, 0) is 4.79 Å². The number of halogens is 1. The molecule has 0 aliphatic carbocycles. The van der Waals surface area contributed by atoms with Gasteiger partial charge in [-0.1, -0.05) is 43.7 Å². The smallest absolute Gasteiger partial charge is 0.144 e. The molecule has 0 aliphatic heterocycles. The minimum absolute atomic E-state index is 0.0599. The largest absolute Gasteiger partial charge is 0.299 e. The molecule has 1 unspecified atom stereocenters. The molecule has 0 spiro atoms. The van der Waals surface area contributed by atoms with Gasteiger partial charge in [-0.05, 0) is 23.6 Å². The van der Waals surface area contributed by atoms with E-state index in [1.807, 2.05) is 24.3 Å². The molecule has 0 saturated carbocycles. The van der Waals surface area contributed by atoms with Gasteiger partial charge in [0.2, 0.25) is 0 Å². The molecule has 0 saturated heterocycles. The van der Waals surface area contributed by atoms with Crippen molar-refractivity contribution in [1.82, 2.24) is 0 Å². The summed E-state index contributed by atoms with van der Waals surface area (Å²) < 4.78 is 0. The molecule has 0 heterocycles.